The Labute approximate surface area is 94.5 Å². The lowest BCUT2D eigenvalue weighted by Gasteiger charge is -2.27. The summed E-state index contributed by atoms with van der Waals surface area (Å²) < 4.78 is 0. The largest absolute Gasteiger partial charge is 0.337 e. The van der Waals surface area contributed by atoms with E-state index in [1.165, 1.54) is 0 Å². The van der Waals surface area contributed by atoms with Crippen LogP contribution in [0.5, 0.6) is 0 Å². The van der Waals surface area contributed by atoms with Gasteiger partial charge in [-0.15, -0.1) is 23.2 Å². The van der Waals surface area contributed by atoms with E-state index in [9.17, 15) is 4.79 Å². The lowest BCUT2D eigenvalue weighted by Crippen LogP contribution is -2.47. The van der Waals surface area contributed by atoms with Gasteiger partial charge < -0.3 is 10.6 Å². The average Bonchev–Trinajstić information content (AvgIpc) is 2.18. The molecular formula is C9H16Cl2N2O. The third-order valence-corrected chi connectivity index (χ3v) is 3.09. The number of alkyl halides is 2. The van der Waals surface area contributed by atoms with Crippen LogP contribution in [0.15, 0.2) is 0 Å². The van der Waals surface area contributed by atoms with Gasteiger partial charge in [0, 0.05) is 18.5 Å². The molecule has 3 nitrogen and oxygen atoms in total. The second-order valence-electron chi connectivity index (χ2n) is 3.50. The molecule has 0 aromatic rings. The summed E-state index contributed by atoms with van der Waals surface area (Å²) in [6.07, 6.45) is 4.27. The fourth-order valence-electron chi connectivity index (χ4n) is 1.63. The maximum Gasteiger partial charge on any atom is 0.315 e. The molecule has 2 atom stereocenters. The van der Waals surface area contributed by atoms with Crippen LogP contribution in [0.3, 0.4) is 0 Å². The summed E-state index contributed by atoms with van der Waals surface area (Å²) in [5, 5.41) is 5.60. The summed E-state index contributed by atoms with van der Waals surface area (Å²) in [4.78, 5) is 11.3. The zero-order chi connectivity index (χ0) is 10.4. The summed E-state index contributed by atoms with van der Waals surface area (Å²) in [5.74, 6) is 0.433. The van der Waals surface area contributed by atoms with Gasteiger partial charge in [-0.05, 0) is 12.8 Å². The van der Waals surface area contributed by atoms with E-state index in [2.05, 4.69) is 10.6 Å². The molecule has 1 saturated carbocycles. The third-order valence-electron chi connectivity index (χ3n) is 2.38. The number of rotatable bonds is 3. The van der Waals surface area contributed by atoms with E-state index >= 15 is 0 Å². The minimum atomic E-state index is -0.164. The molecule has 0 aromatic heterocycles. The lowest BCUT2D eigenvalue weighted by atomic mass is 9.95. The molecule has 1 aliphatic carbocycles. The fourth-order valence-corrected chi connectivity index (χ4v) is 2.07. The van der Waals surface area contributed by atoms with E-state index in [1.807, 2.05) is 0 Å². The molecule has 0 bridgehead atoms. The van der Waals surface area contributed by atoms with Crippen molar-refractivity contribution < 1.29 is 4.79 Å². The van der Waals surface area contributed by atoms with E-state index in [0.29, 0.717) is 12.4 Å². The summed E-state index contributed by atoms with van der Waals surface area (Å²) in [6, 6.07) is -0.0519. The van der Waals surface area contributed by atoms with Crippen LogP contribution in [0.2, 0.25) is 0 Å². The summed E-state index contributed by atoms with van der Waals surface area (Å²) in [6.45, 7) is 0.493. The van der Waals surface area contributed by atoms with Crippen LogP contribution in [0.25, 0.3) is 0 Å². The summed E-state index contributed by atoms with van der Waals surface area (Å²) in [5.41, 5.74) is 0. The van der Waals surface area contributed by atoms with Crippen LogP contribution in [0.4, 0.5) is 4.79 Å². The van der Waals surface area contributed by atoms with Crippen LogP contribution < -0.4 is 10.6 Å². The Balaban J connectivity index is 2.23. The van der Waals surface area contributed by atoms with Crippen molar-refractivity contribution in [2.24, 2.45) is 0 Å². The highest BCUT2D eigenvalue weighted by Gasteiger charge is 2.24. The fraction of sp³-hybridized carbons (Fsp3) is 0.889. The average molecular weight is 239 g/mol. The molecule has 0 heterocycles. The van der Waals surface area contributed by atoms with Gasteiger partial charge >= 0.3 is 6.03 Å². The van der Waals surface area contributed by atoms with Crippen molar-refractivity contribution in [3.63, 3.8) is 0 Å². The van der Waals surface area contributed by atoms with Crippen molar-refractivity contribution in [1.82, 2.24) is 10.6 Å². The van der Waals surface area contributed by atoms with Gasteiger partial charge in [0.2, 0.25) is 0 Å². The van der Waals surface area contributed by atoms with Crippen molar-refractivity contribution in [2.45, 2.75) is 37.1 Å². The summed E-state index contributed by atoms with van der Waals surface area (Å²) >= 11 is 11.5. The molecule has 1 fully saturated rings. The number of hydrogen-bond acceptors (Lipinski definition) is 1. The molecule has 0 aliphatic heterocycles. The molecule has 0 aromatic carbocycles. The van der Waals surface area contributed by atoms with E-state index in [1.54, 1.807) is 0 Å². The van der Waals surface area contributed by atoms with Gasteiger partial charge in [0.05, 0.1) is 5.38 Å². The van der Waals surface area contributed by atoms with Gasteiger partial charge in [-0.3, -0.25) is 0 Å². The molecule has 14 heavy (non-hydrogen) atoms. The maximum absolute atomic E-state index is 11.3. The Morgan fingerprint density at radius 2 is 2.07 bits per heavy atom. The Bertz CT molecular complexity index is 190. The van der Waals surface area contributed by atoms with Gasteiger partial charge in [-0.1, -0.05) is 12.8 Å². The Kier molecular flexibility index (Phi) is 5.41. The normalized spacial score (nSPS) is 27.0. The first-order valence-corrected chi connectivity index (χ1v) is 5.95. The van der Waals surface area contributed by atoms with E-state index < -0.39 is 0 Å². The van der Waals surface area contributed by atoms with Gasteiger partial charge in [-0.25, -0.2) is 4.79 Å². The molecule has 82 valence electrons. The van der Waals surface area contributed by atoms with Crippen molar-refractivity contribution >= 4 is 29.2 Å². The Morgan fingerprint density at radius 3 is 2.71 bits per heavy atom. The predicted molar refractivity (Wildman–Crippen MR) is 59.2 cm³/mol. The number of halogens is 2. The van der Waals surface area contributed by atoms with Crippen LogP contribution in [0, 0.1) is 0 Å². The van der Waals surface area contributed by atoms with Crippen LogP contribution in [-0.4, -0.2) is 29.9 Å². The molecule has 2 amide bonds. The zero-order valence-corrected chi connectivity index (χ0v) is 9.57. The quantitative estimate of drug-likeness (QED) is 0.727. The number of carbonyl (C=O) groups excluding carboxylic acids is 1. The number of carbonyl (C=O) groups is 1. The SMILES string of the molecule is O=C(NCCCl)N[C@H]1CCCC[C@@H]1Cl. The topological polar surface area (TPSA) is 41.1 Å². The molecule has 0 saturated heterocycles. The van der Waals surface area contributed by atoms with Crippen LogP contribution in [0.1, 0.15) is 25.7 Å². The smallest absolute Gasteiger partial charge is 0.315 e. The van der Waals surface area contributed by atoms with Crippen molar-refractivity contribution in [1.29, 1.82) is 0 Å². The van der Waals surface area contributed by atoms with Gasteiger partial charge in [0.25, 0.3) is 0 Å². The minimum absolute atomic E-state index is 0.0745. The molecular weight excluding hydrogens is 223 g/mol. The molecule has 0 unspecified atom stereocenters. The Hall–Kier alpha value is -0.150. The standard InChI is InChI=1S/C9H16Cl2N2O/c10-5-6-12-9(14)13-8-4-2-1-3-7(8)11/h7-8H,1-6H2,(H2,12,13,14)/t7-,8-/m0/s1. The Morgan fingerprint density at radius 1 is 1.36 bits per heavy atom. The second-order valence-corrected chi connectivity index (χ2v) is 4.43. The number of hydrogen-bond donors (Lipinski definition) is 2. The van der Waals surface area contributed by atoms with E-state index in [4.69, 9.17) is 23.2 Å². The van der Waals surface area contributed by atoms with E-state index in [0.717, 1.165) is 25.7 Å². The van der Waals surface area contributed by atoms with Crippen molar-refractivity contribution in [2.75, 3.05) is 12.4 Å². The highest BCUT2D eigenvalue weighted by atomic mass is 35.5. The highest BCUT2D eigenvalue weighted by molar-refractivity contribution is 6.21. The zero-order valence-electron chi connectivity index (χ0n) is 8.06. The molecule has 5 heteroatoms. The second kappa shape index (κ2) is 6.36. The first kappa shape index (κ1) is 11.9. The monoisotopic (exact) mass is 238 g/mol. The first-order chi connectivity index (χ1) is 6.74. The molecule has 0 spiro atoms. The third kappa shape index (κ3) is 3.93. The molecule has 1 rings (SSSR count). The van der Waals surface area contributed by atoms with Crippen LogP contribution in [-0.2, 0) is 0 Å². The number of amides is 2. The number of nitrogens with one attached hydrogen (secondary N) is 2. The van der Waals surface area contributed by atoms with Crippen LogP contribution >= 0.6 is 23.2 Å². The molecule has 2 N–H and O–H groups in total. The number of urea groups is 1. The van der Waals surface area contributed by atoms with Gasteiger partial charge in [-0.2, -0.15) is 0 Å². The van der Waals surface area contributed by atoms with Gasteiger partial charge in [0.1, 0.15) is 0 Å². The molecule has 0 radical (unpaired) electrons. The summed E-state index contributed by atoms with van der Waals surface area (Å²) in [7, 11) is 0. The first-order valence-electron chi connectivity index (χ1n) is 4.98. The molecule has 1 aliphatic rings. The van der Waals surface area contributed by atoms with Crippen molar-refractivity contribution in [3.8, 4) is 0 Å². The highest BCUT2D eigenvalue weighted by Crippen LogP contribution is 2.22. The van der Waals surface area contributed by atoms with Crippen molar-refractivity contribution in [3.05, 3.63) is 0 Å². The minimum Gasteiger partial charge on any atom is -0.337 e. The lowest BCUT2D eigenvalue weighted by molar-refractivity contribution is 0.233. The predicted octanol–water partition coefficient (Wildman–Crippen LogP) is 2.07. The van der Waals surface area contributed by atoms with Gasteiger partial charge in [0.15, 0.2) is 0 Å². The maximum atomic E-state index is 11.3. The van der Waals surface area contributed by atoms with E-state index in [-0.39, 0.29) is 17.5 Å².